The van der Waals surface area contributed by atoms with Crippen LogP contribution in [0.4, 0.5) is 4.39 Å². The van der Waals surface area contributed by atoms with Crippen molar-refractivity contribution < 1.29 is 24.2 Å². The van der Waals surface area contributed by atoms with Gasteiger partial charge in [-0.3, -0.25) is 4.79 Å². The van der Waals surface area contributed by atoms with Crippen LogP contribution in [0, 0.1) is 5.82 Å². The van der Waals surface area contributed by atoms with E-state index in [1.807, 2.05) is 0 Å². The van der Waals surface area contributed by atoms with Gasteiger partial charge >= 0.3 is 5.97 Å². The Morgan fingerprint density at radius 3 is 2.65 bits per heavy atom. The Morgan fingerprint density at radius 1 is 1.47 bits per heavy atom. The van der Waals surface area contributed by atoms with Gasteiger partial charge in [0, 0.05) is 5.56 Å². The molecule has 0 aliphatic carbocycles. The van der Waals surface area contributed by atoms with Crippen LogP contribution < -0.4 is 5.32 Å². The minimum absolute atomic E-state index is 0.0613. The Labute approximate surface area is 96.9 Å². The average Bonchev–Trinajstić information content (AvgIpc) is 2.25. The molecule has 0 saturated carbocycles. The second kappa shape index (κ2) is 4.92. The minimum atomic E-state index is -2.05. The Morgan fingerprint density at radius 2 is 2.12 bits per heavy atom. The number of hydrogen-bond donors (Lipinski definition) is 3. The molecule has 1 rings (SSSR count). The van der Waals surface area contributed by atoms with Crippen LogP contribution in [0.3, 0.4) is 0 Å². The molecule has 1 unspecified atom stereocenters. The van der Waals surface area contributed by atoms with Gasteiger partial charge in [0.05, 0.1) is 6.54 Å². The number of nitrogens with one attached hydrogen (secondary N) is 1. The highest BCUT2D eigenvalue weighted by Gasteiger charge is 2.30. The maximum absolute atomic E-state index is 12.8. The summed E-state index contributed by atoms with van der Waals surface area (Å²) in [6, 6.07) is 4.95. The third-order valence-corrected chi connectivity index (χ3v) is 2.14. The zero-order valence-corrected chi connectivity index (χ0v) is 9.11. The lowest BCUT2D eigenvalue weighted by molar-refractivity contribution is -0.155. The monoisotopic (exact) mass is 241 g/mol. The van der Waals surface area contributed by atoms with Crippen molar-refractivity contribution in [2.45, 2.75) is 12.5 Å². The second-order valence-electron chi connectivity index (χ2n) is 3.77. The number of carboxylic acid groups (broad SMARTS) is 1. The van der Waals surface area contributed by atoms with E-state index in [0.717, 1.165) is 13.0 Å². The van der Waals surface area contributed by atoms with E-state index in [-0.39, 0.29) is 5.56 Å². The molecule has 0 saturated heterocycles. The molecule has 1 aromatic rings. The summed E-state index contributed by atoms with van der Waals surface area (Å²) in [5.74, 6) is -2.66. The van der Waals surface area contributed by atoms with Gasteiger partial charge in [0.25, 0.3) is 5.91 Å². The highest BCUT2D eigenvalue weighted by Crippen LogP contribution is 2.05. The van der Waals surface area contributed by atoms with Crippen molar-refractivity contribution >= 4 is 11.9 Å². The number of carbonyl (C=O) groups excluding carboxylic acids is 1. The summed E-state index contributed by atoms with van der Waals surface area (Å²) in [6.07, 6.45) is 0. The van der Waals surface area contributed by atoms with E-state index in [2.05, 4.69) is 5.32 Å². The first-order valence-corrected chi connectivity index (χ1v) is 4.82. The van der Waals surface area contributed by atoms with Crippen LogP contribution in [0.25, 0.3) is 0 Å². The molecule has 0 aromatic heterocycles. The molecule has 0 aliphatic rings. The minimum Gasteiger partial charge on any atom is -0.479 e. The number of benzene rings is 1. The van der Waals surface area contributed by atoms with Crippen LogP contribution in [0.5, 0.6) is 0 Å². The molecule has 0 fully saturated rings. The Balaban J connectivity index is 2.65. The molecule has 3 N–H and O–H groups in total. The number of amides is 1. The van der Waals surface area contributed by atoms with Gasteiger partial charge in [0.15, 0.2) is 5.60 Å². The fourth-order valence-electron chi connectivity index (χ4n) is 1.06. The quantitative estimate of drug-likeness (QED) is 0.711. The highest BCUT2D eigenvalue weighted by molar-refractivity contribution is 5.94. The fourth-order valence-corrected chi connectivity index (χ4v) is 1.06. The van der Waals surface area contributed by atoms with Crippen molar-refractivity contribution in [3.63, 3.8) is 0 Å². The summed E-state index contributed by atoms with van der Waals surface area (Å²) in [4.78, 5) is 22.0. The Kier molecular flexibility index (Phi) is 3.80. The third kappa shape index (κ3) is 3.53. The molecule has 0 heterocycles. The SMILES string of the molecule is CC(O)(CNC(=O)c1cccc(F)c1)C(=O)O. The number of aliphatic hydroxyl groups is 1. The normalized spacial score (nSPS) is 13.8. The van der Waals surface area contributed by atoms with E-state index >= 15 is 0 Å². The summed E-state index contributed by atoms with van der Waals surface area (Å²) in [5, 5.41) is 20.2. The van der Waals surface area contributed by atoms with Crippen LogP contribution in [-0.4, -0.2) is 34.2 Å². The summed E-state index contributed by atoms with van der Waals surface area (Å²) in [5.41, 5.74) is -1.99. The number of rotatable bonds is 4. The molecular weight excluding hydrogens is 229 g/mol. The number of halogens is 1. The predicted octanol–water partition coefficient (Wildman–Crippen LogP) is 0.391. The predicted molar refractivity (Wildman–Crippen MR) is 57.0 cm³/mol. The number of carboxylic acids is 1. The smallest absolute Gasteiger partial charge is 0.337 e. The van der Waals surface area contributed by atoms with Gasteiger partial charge in [-0.15, -0.1) is 0 Å². The van der Waals surface area contributed by atoms with Gasteiger partial charge < -0.3 is 15.5 Å². The number of hydrogen-bond acceptors (Lipinski definition) is 3. The molecule has 92 valence electrons. The van der Waals surface area contributed by atoms with Crippen LogP contribution >= 0.6 is 0 Å². The van der Waals surface area contributed by atoms with E-state index in [4.69, 9.17) is 5.11 Å². The molecular formula is C11H12FNO4. The zero-order chi connectivity index (χ0) is 13.1. The van der Waals surface area contributed by atoms with E-state index in [1.165, 1.54) is 18.2 Å². The van der Waals surface area contributed by atoms with Crippen molar-refractivity contribution in [1.29, 1.82) is 0 Å². The molecule has 1 amide bonds. The van der Waals surface area contributed by atoms with E-state index < -0.39 is 29.8 Å². The number of carbonyl (C=O) groups is 2. The lowest BCUT2D eigenvalue weighted by Crippen LogP contribution is -2.46. The first-order valence-electron chi connectivity index (χ1n) is 4.82. The van der Waals surface area contributed by atoms with E-state index in [0.29, 0.717) is 0 Å². The number of aliphatic carboxylic acids is 1. The lowest BCUT2D eigenvalue weighted by atomic mass is 10.1. The van der Waals surface area contributed by atoms with Crippen molar-refractivity contribution in [2.75, 3.05) is 6.54 Å². The zero-order valence-electron chi connectivity index (χ0n) is 9.11. The molecule has 0 radical (unpaired) electrons. The highest BCUT2D eigenvalue weighted by atomic mass is 19.1. The van der Waals surface area contributed by atoms with Gasteiger partial charge in [-0.2, -0.15) is 0 Å². The topological polar surface area (TPSA) is 86.6 Å². The summed E-state index contributed by atoms with van der Waals surface area (Å²) < 4.78 is 12.8. The molecule has 17 heavy (non-hydrogen) atoms. The molecule has 6 heteroatoms. The van der Waals surface area contributed by atoms with Crippen molar-refractivity contribution in [3.05, 3.63) is 35.6 Å². The third-order valence-electron chi connectivity index (χ3n) is 2.14. The van der Waals surface area contributed by atoms with Gasteiger partial charge in [-0.25, -0.2) is 9.18 Å². The maximum atomic E-state index is 12.8. The first-order chi connectivity index (χ1) is 7.83. The second-order valence-corrected chi connectivity index (χ2v) is 3.77. The van der Waals surface area contributed by atoms with Crippen LogP contribution in [-0.2, 0) is 4.79 Å². The summed E-state index contributed by atoms with van der Waals surface area (Å²) >= 11 is 0. The standard InChI is InChI=1S/C11H12FNO4/c1-11(17,10(15)16)6-13-9(14)7-3-2-4-8(12)5-7/h2-5,17H,6H2,1H3,(H,13,14)(H,15,16). The van der Waals surface area contributed by atoms with E-state index in [1.54, 1.807) is 0 Å². The first kappa shape index (κ1) is 13.1. The van der Waals surface area contributed by atoms with E-state index in [9.17, 15) is 19.1 Å². The van der Waals surface area contributed by atoms with Gasteiger partial charge in [0.2, 0.25) is 0 Å². The van der Waals surface area contributed by atoms with Crippen LogP contribution in [0.2, 0.25) is 0 Å². The summed E-state index contributed by atoms with van der Waals surface area (Å²) in [6.45, 7) is 0.596. The Hall–Kier alpha value is -1.95. The molecule has 0 aliphatic heterocycles. The van der Waals surface area contributed by atoms with Crippen LogP contribution in [0.15, 0.2) is 24.3 Å². The van der Waals surface area contributed by atoms with Crippen LogP contribution in [0.1, 0.15) is 17.3 Å². The largest absolute Gasteiger partial charge is 0.479 e. The molecule has 5 nitrogen and oxygen atoms in total. The molecule has 1 aromatic carbocycles. The van der Waals surface area contributed by atoms with Crippen molar-refractivity contribution in [2.24, 2.45) is 0 Å². The fraction of sp³-hybridized carbons (Fsp3) is 0.273. The van der Waals surface area contributed by atoms with Gasteiger partial charge in [-0.1, -0.05) is 6.07 Å². The Bertz CT molecular complexity index is 445. The maximum Gasteiger partial charge on any atom is 0.337 e. The molecule has 1 atom stereocenters. The van der Waals surface area contributed by atoms with Crippen molar-refractivity contribution in [3.8, 4) is 0 Å². The van der Waals surface area contributed by atoms with Gasteiger partial charge in [-0.05, 0) is 25.1 Å². The molecule has 0 spiro atoms. The molecule has 0 bridgehead atoms. The average molecular weight is 241 g/mol. The lowest BCUT2D eigenvalue weighted by Gasteiger charge is -2.18. The van der Waals surface area contributed by atoms with Gasteiger partial charge in [0.1, 0.15) is 5.82 Å². The van der Waals surface area contributed by atoms with Crippen molar-refractivity contribution in [1.82, 2.24) is 5.32 Å². The summed E-state index contributed by atoms with van der Waals surface area (Å²) in [7, 11) is 0.